The van der Waals surface area contributed by atoms with Gasteiger partial charge >= 0.3 is 0 Å². The molecule has 0 aliphatic carbocycles. The Kier molecular flexibility index (Phi) is 5.17. The zero-order valence-electron chi connectivity index (χ0n) is 11.3. The molecule has 0 fully saturated rings. The first-order chi connectivity index (χ1) is 9.99. The van der Waals surface area contributed by atoms with Crippen LogP contribution in [0.5, 0.6) is 0 Å². The molecule has 0 spiro atoms. The Morgan fingerprint density at radius 2 is 1.95 bits per heavy atom. The largest absolute Gasteiger partial charge is 0.306 e. The number of nitro groups is 1. The summed E-state index contributed by atoms with van der Waals surface area (Å²) in [6.45, 7) is 2.29. The molecule has 1 N–H and O–H groups in total. The van der Waals surface area contributed by atoms with Crippen LogP contribution in [0.3, 0.4) is 0 Å². The molecule has 0 aliphatic rings. The second-order valence-electron chi connectivity index (χ2n) is 4.65. The highest BCUT2D eigenvalue weighted by Crippen LogP contribution is 2.25. The Balaban J connectivity index is 2.15. The molecule has 0 bridgehead atoms. The zero-order valence-corrected chi connectivity index (χ0v) is 12.9. The second-order valence-corrected chi connectivity index (χ2v) is 5.50. The van der Waals surface area contributed by atoms with Crippen molar-refractivity contribution in [3.8, 4) is 0 Å². The van der Waals surface area contributed by atoms with Gasteiger partial charge in [-0.25, -0.2) is 0 Å². The molecule has 2 rings (SSSR count). The average molecular weight is 325 g/mol. The summed E-state index contributed by atoms with van der Waals surface area (Å²) in [5.41, 5.74) is 1.55. The van der Waals surface area contributed by atoms with Gasteiger partial charge in [-0.1, -0.05) is 41.4 Å². The van der Waals surface area contributed by atoms with Crippen LogP contribution in [0.15, 0.2) is 42.5 Å². The molecule has 6 heteroatoms. The maximum absolute atomic E-state index is 11.0. The van der Waals surface area contributed by atoms with Crippen molar-refractivity contribution in [3.05, 3.63) is 73.8 Å². The number of halogens is 2. The van der Waals surface area contributed by atoms with Crippen molar-refractivity contribution in [3.63, 3.8) is 0 Å². The number of hydrogen-bond donors (Lipinski definition) is 1. The van der Waals surface area contributed by atoms with Crippen molar-refractivity contribution in [1.29, 1.82) is 0 Å². The van der Waals surface area contributed by atoms with Crippen LogP contribution in [0.2, 0.25) is 10.0 Å². The lowest BCUT2D eigenvalue weighted by atomic mass is 10.1. The van der Waals surface area contributed by atoms with Crippen molar-refractivity contribution >= 4 is 28.9 Å². The van der Waals surface area contributed by atoms with Crippen LogP contribution < -0.4 is 5.32 Å². The highest BCUT2D eigenvalue weighted by Gasteiger charge is 2.15. The molecule has 0 amide bonds. The topological polar surface area (TPSA) is 55.2 Å². The van der Waals surface area contributed by atoms with Crippen molar-refractivity contribution in [2.45, 2.75) is 19.5 Å². The number of nitro benzene ring substituents is 1. The highest BCUT2D eigenvalue weighted by molar-refractivity contribution is 6.31. The van der Waals surface area contributed by atoms with E-state index in [0.29, 0.717) is 22.2 Å². The van der Waals surface area contributed by atoms with E-state index in [0.717, 1.165) is 5.56 Å². The van der Waals surface area contributed by atoms with Gasteiger partial charge in [-0.15, -0.1) is 0 Å². The fraction of sp³-hybridized carbons (Fsp3) is 0.200. The highest BCUT2D eigenvalue weighted by atomic mass is 35.5. The molecule has 2 aromatic rings. The van der Waals surface area contributed by atoms with Crippen molar-refractivity contribution in [1.82, 2.24) is 5.32 Å². The predicted molar refractivity (Wildman–Crippen MR) is 84.8 cm³/mol. The molecule has 1 atom stereocenters. The Morgan fingerprint density at radius 1 is 1.24 bits per heavy atom. The number of rotatable bonds is 5. The Hall–Kier alpha value is -1.62. The van der Waals surface area contributed by atoms with Crippen LogP contribution in [0.4, 0.5) is 5.69 Å². The van der Waals surface area contributed by atoms with E-state index in [2.05, 4.69) is 5.32 Å². The molecule has 0 heterocycles. The van der Waals surface area contributed by atoms with E-state index in [-0.39, 0.29) is 11.7 Å². The predicted octanol–water partition coefficient (Wildman–Crippen LogP) is 4.75. The van der Waals surface area contributed by atoms with Gasteiger partial charge in [-0.2, -0.15) is 0 Å². The van der Waals surface area contributed by atoms with E-state index in [4.69, 9.17) is 23.2 Å². The summed E-state index contributed by atoms with van der Waals surface area (Å²) in [6.07, 6.45) is 0. The zero-order chi connectivity index (χ0) is 15.4. The Bertz CT molecular complexity index is 662. The summed E-state index contributed by atoms with van der Waals surface area (Å²) < 4.78 is 0. The van der Waals surface area contributed by atoms with E-state index in [9.17, 15) is 10.1 Å². The second kappa shape index (κ2) is 6.89. The first kappa shape index (κ1) is 15.8. The van der Waals surface area contributed by atoms with E-state index in [1.807, 2.05) is 31.2 Å². The maximum atomic E-state index is 11.0. The third-order valence-corrected chi connectivity index (χ3v) is 3.79. The molecule has 0 aliphatic heterocycles. The molecule has 0 radical (unpaired) electrons. The standard InChI is InChI=1S/C15H14Cl2N2O2/c1-10(13-4-2-3-5-14(13)17)18-9-11-8-12(16)6-7-15(11)19(20)21/h2-8,10,18H,9H2,1H3/t10-/m1/s1. The first-order valence-electron chi connectivity index (χ1n) is 6.39. The molecule has 0 unspecified atom stereocenters. The third-order valence-electron chi connectivity index (χ3n) is 3.21. The number of nitrogens with one attached hydrogen (secondary N) is 1. The van der Waals surface area contributed by atoms with Crippen LogP contribution in [0.25, 0.3) is 0 Å². The minimum Gasteiger partial charge on any atom is -0.306 e. The van der Waals surface area contributed by atoms with E-state index in [1.54, 1.807) is 6.07 Å². The van der Waals surface area contributed by atoms with Gasteiger partial charge in [-0.05, 0) is 30.7 Å². The lowest BCUT2D eigenvalue weighted by molar-refractivity contribution is -0.385. The molecular formula is C15H14Cl2N2O2. The number of nitrogens with zero attached hydrogens (tertiary/aromatic N) is 1. The van der Waals surface area contributed by atoms with Crippen LogP contribution in [-0.4, -0.2) is 4.92 Å². The van der Waals surface area contributed by atoms with Gasteiger partial charge in [-0.3, -0.25) is 10.1 Å². The van der Waals surface area contributed by atoms with Gasteiger partial charge in [0.1, 0.15) is 0 Å². The fourth-order valence-electron chi connectivity index (χ4n) is 2.07. The lowest BCUT2D eigenvalue weighted by Crippen LogP contribution is -2.19. The minimum absolute atomic E-state index is 0.0303. The van der Waals surface area contributed by atoms with Gasteiger partial charge in [0, 0.05) is 34.3 Å². The van der Waals surface area contributed by atoms with Crippen LogP contribution in [0.1, 0.15) is 24.1 Å². The van der Waals surface area contributed by atoms with Crippen molar-refractivity contribution in [2.75, 3.05) is 0 Å². The van der Waals surface area contributed by atoms with Crippen LogP contribution >= 0.6 is 23.2 Å². The molecule has 21 heavy (non-hydrogen) atoms. The van der Waals surface area contributed by atoms with E-state index >= 15 is 0 Å². The average Bonchev–Trinajstić information content (AvgIpc) is 2.45. The molecule has 4 nitrogen and oxygen atoms in total. The van der Waals surface area contributed by atoms with Gasteiger partial charge in [0.05, 0.1) is 4.92 Å². The minimum atomic E-state index is -0.409. The van der Waals surface area contributed by atoms with Gasteiger partial charge in [0.2, 0.25) is 0 Å². The van der Waals surface area contributed by atoms with Crippen molar-refractivity contribution in [2.24, 2.45) is 0 Å². The number of benzene rings is 2. The van der Waals surface area contributed by atoms with Crippen LogP contribution in [-0.2, 0) is 6.54 Å². The maximum Gasteiger partial charge on any atom is 0.273 e. The van der Waals surface area contributed by atoms with Gasteiger partial charge < -0.3 is 5.32 Å². The molecule has 0 saturated heterocycles. The van der Waals surface area contributed by atoms with Crippen molar-refractivity contribution < 1.29 is 4.92 Å². The first-order valence-corrected chi connectivity index (χ1v) is 7.15. The molecule has 0 saturated carbocycles. The molecular weight excluding hydrogens is 311 g/mol. The summed E-state index contributed by atoms with van der Waals surface area (Å²) in [7, 11) is 0. The van der Waals surface area contributed by atoms with Gasteiger partial charge in [0.25, 0.3) is 5.69 Å². The van der Waals surface area contributed by atoms with Gasteiger partial charge in [0.15, 0.2) is 0 Å². The normalized spacial score (nSPS) is 12.1. The van der Waals surface area contributed by atoms with E-state index < -0.39 is 4.92 Å². The Labute approximate surface area is 132 Å². The summed E-state index contributed by atoms with van der Waals surface area (Å²) >= 11 is 12.0. The summed E-state index contributed by atoms with van der Waals surface area (Å²) in [5.74, 6) is 0. The Morgan fingerprint density at radius 3 is 2.62 bits per heavy atom. The number of hydrogen-bond acceptors (Lipinski definition) is 3. The molecule has 2 aromatic carbocycles. The smallest absolute Gasteiger partial charge is 0.273 e. The summed E-state index contributed by atoms with van der Waals surface area (Å²) in [5, 5.41) is 15.4. The van der Waals surface area contributed by atoms with E-state index in [1.165, 1.54) is 12.1 Å². The monoisotopic (exact) mass is 324 g/mol. The summed E-state index contributed by atoms with van der Waals surface area (Å²) in [4.78, 5) is 10.6. The summed E-state index contributed by atoms with van der Waals surface area (Å²) in [6, 6.07) is 12.0. The third kappa shape index (κ3) is 3.94. The fourth-order valence-corrected chi connectivity index (χ4v) is 2.57. The lowest BCUT2D eigenvalue weighted by Gasteiger charge is -2.15. The van der Waals surface area contributed by atoms with Crippen LogP contribution in [0, 0.1) is 10.1 Å². The SMILES string of the molecule is C[C@@H](NCc1cc(Cl)ccc1[N+](=O)[O-])c1ccccc1Cl. The molecule has 0 aromatic heterocycles. The quantitative estimate of drug-likeness (QED) is 0.637. The molecule has 110 valence electrons.